The van der Waals surface area contributed by atoms with Crippen LogP contribution >= 0.6 is 0 Å². The van der Waals surface area contributed by atoms with Crippen molar-refractivity contribution in [3.05, 3.63) is 116 Å². The van der Waals surface area contributed by atoms with Gasteiger partial charge in [0.15, 0.2) is 0 Å². The quantitative estimate of drug-likeness (QED) is 0.301. The van der Waals surface area contributed by atoms with Crippen molar-refractivity contribution in [3.63, 3.8) is 0 Å². The largest absolute Gasteiger partial charge is 0.366 e. The van der Waals surface area contributed by atoms with E-state index in [1.54, 1.807) is 31.2 Å². The number of carbonyl (C=O) groups excluding carboxylic acids is 2. The van der Waals surface area contributed by atoms with E-state index in [2.05, 4.69) is 10.3 Å². The Morgan fingerprint density at radius 1 is 1.00 bits per heavy atom. The lowest BCUT2D eigenvalue weighted by Crippen LogP contribution is -2.36. The second-order valence-electron chi connectivity index (χ2n) is 9.85. The fourth-order valence-corrected chi connectivity index (χ4v) is 5.39. The number of nitrogens with two attached hydrogens (primary N) is 1. The van der Waals surface area contributed by atoms with Crippen LogP contribution in [-0.4, -0.2) is 25.8 Å². The number of aromatic nitrogens is 3. The summed E-state index contributed by atoms with van der Waals surface area (Å²) in [7, 11) is 0. The van der Waals surface area contributed by atoms with Gasteiger partial charge in [0.25, 0.3) is 11.5 Å². The van der Waals surface area contributed by atoms with Gasteiger partial charge in [0.2, 0.25) is 5.91 Å². The number of hydrogen-bond acceptors (Lipinski definition) is 4. The van der Waals surface area contributed by atoms with Crippen molar-refractivity contribution in [2.45, 2.75) is 20.4 Å². The molecule has 10 heteroatoms. The molecule has 204 valence electrons. The molecule has 3 aromatic carbocycles. The summed E-state index contributed by atoms with van der Waals surface area (Å²) in [5, 5.41) is 4.35. The zero-order chi connectivity index (χ0) is 29.0. The van der Waals surface area contributed by atoms with Crippen molar-refractivity contribution in [2.75, 3.05) is 0 Å². The molecule has 2 amide bonds. The lowest BCUT2D eigenvalue weighted by Gasteiger charge is -2.15. The molecule has 0 bridgehead atoms. The van der Waals surface area contributed by atoms with E-state index in [-0.39, 0.29) is 11.4 Å². The van der Waals surface area contributed by atoms with Crippen LogP contribution in [0.4, 0.5) is 4.39 Å². The van der Waals surface area contributed by atoms with Gasteiger partial charge >= 0.3 is 5.69 Å². The standard InChI is InChI=1S/C31H24FN5O4/c1-16-19(5-3-7-25(16)37-27(39)14-26-23(32)6-4-12-36(26)31(37)41)20-10-11-22(30(33)40)29-28(20)21-9-8-18(13-24(21)35-29)15-34-17(2)38/h3-14,35H,15H2,1-2H3,(H2,33,40)(H,34,38). The van der Waals surface area contributed by atoms with Crippen molar-refractivity contribution >= 4 is 39.1 Å². The fourth-order valence-electron chi connectivity index (χ4n) is 5.39. The first-order valence-corrected chi connectivity index (χ1v) is 12.8. The van der Waals surface area contributed by atoms with Gasteiger partial charge in [0.05, 0.1) is 22.3 Å². The molecule has 6 rings (SSSR count). The molecule has 9 nitrogen and oxygen atoms in total. The zero-order valence-corrected chi connectivity index (χ0v) is 22.1. The molecule has 6 aromatic rings. The minimum absolute atomic E-state index is 0.104. The van der Waals surface area contributed by atoms with Crippen molar-refractivity contribution in [2.24, 2.45) is 5.73 Å². The van der Waals surface area contributed by atoms with Crippen LogP contribution in [0.1, 0.15) is 28.4 Å². The Morgan fingerprint density at radius 2 is 1.80 bits per heavy atom. The Balaban J connectivity index is 1.60. The Labute approximate surface area is 231 Å². The molecule has 3 heterocycles. The number of nitrogens with zero attached hydrogens (tertiary/aromatic N) is 2. The molecule has 0 aliphatic rings. The number of primary amides is 1. The highest BCUT2D eigenvalue weighted by atomic mass is 19.1. The zero-order valence-electron chi connectivity index (χ0n) is 22.1. The number of hydrogen-bond donors (Lipinski definition) is 3. The third-order valence-corrected chi connectivity index (χ3v) is 7.32. The average Bonchev–Trinajstić information content (AvgIpc) is 3.32. The minimum Gasteiger partial charge on any atom is -0.366 e. The van der Waals surface area contributed by atoms with Crippen LogP contribution in [0.5, 0.6) is 0 Å². The molecule has 0 fully saturated rings. The fraction of sp³-hybridized carbons (Fsp3) is 0.0968. The summed E-state index contributed by atoms with van der Waals surface area (Å²) in [4.78, 5) is 53.5. The molecule has 4 N–H and O–H groups in total. The van der Waals surface area contributed by atoms with Gasteiger partial charge in [-0.25, -0.2) is 13.8 Å². The predicted octanol–water partition coefficient (Wildman–Crippen LogP) is 3.93. The number of benzene rings is 3. The van der Waals surface area contributed by atoms with E-state index < -0.39 is 23.0 Å². The van der Waals surface area contributed by atoms with Gasteiger partial charge in [-0.1, -0.05) is 30.3 Å². The number of halogens is 1. The van der Waals surface area contributed by atoms with Gasteiger partial charge in [-0.2, -0.15) is 0 Å². The molecule has 0 radical (unpaired) electrons. The lowest BCUT2D eigenvalue weighted by atomic mass is 9.93. The van der Waals surface area contributed by atoms with Crippen LogP contribution in [0.15, 0.2) is 82.5 Å². The minimum atomic E-state index is -0.694. The normalized spacial score (nSPS) is 11.4. The first-order valence-electron chi connectivity index (χ1n) is 12.8. The van der Waals surface area contributed by atoms with Crippen LogP contribution in [0.3, 0.4) is 0 Å². The summed E-state index contributed by atoms with van der Waals surface area (Å²) >= 11 is 0. The number of amides is 2. The van der Waals surface area contributed by atoms with Gasteiger partial charge in [-0.3, -0.25) is 18.8 Å². The highest BCUT2D eigenvalue weighted by molar-refractivity contribution is 6.20. The number of H-pyrrole nitrogens is 1. The smallest absolute Gasteiger partial charge is 0.340 e. The van der Waals surface area contributed by atoms with E-state index >= 15 is 0 Å². The summed E-state index contributed by atoms with van der Waals surface area (Å²) in [5.41, 5.74) is 9.19. The van der Waals surface area contributed by atoms with Crippen molar-refractivity contribution in [3.8, 4) is 16.8 Å². The summed E-state index contributed by atoms with van der Waals surface area (Å²) in [6, 6.07) is 18.1. The van der Waals surface area contributed by atoms with E-state index in [4.69, 9.17) is 5.73 Å². The van der Waals surface area contributed by atoms with E-state index in [0.29, 0.717) is 28.9 Å². The van der Waals surface area contributed by atoms with Crippen LogP contribution in [0, 0.1) is 12.7 Å². The molecule has 0 saturated heterocycles. The Kier molecular flexibility index (Phi) is 6.03. The van der Waals surface area contributed by atoms with Gasteiger partial charge in [-0.15, -0.1) is 0 Å². The van der Waals surface area contributed by atoms with E-state index in [1.807, 2.05) is 24.3 Å². The first-order chi connectivity index (χ1) is 19.7. The Bertz CT molecular complexity index is 2190. The van der Waals surface area contributed by atoms with Gasteiger partial charge in [-0.05, 0) is 59.5 Å². The SMILES string of the molecule is CC(=O)NCc1ccc2c(c1)[nH]c1c(C(N)=O)ccc(-c3cccc(-n4c(=O)cc5c(F)cccn5c4=O)c3C)c12. The number of nitrogens with one attached hydrogen (secondary N) is 2. The maximum absolute atomic E-state index is 14.3. The highest BCUT2D eigenvalue weighted by Crippen LogP contribution is 2.38. The van der Waals surface area contributed by atoms with Gasteiger partial charge in [0.1, 0.15) is 5.82 Å². The molecular formula is C31H24FN5O4. The van der Waals surface area contributed by atoms with Gasteiger partial charge in [0, 0.05) is 42.0 Å². The van der Waals surface area contributed by atoms with Crippen molar-refractivity contribution < 1.29 is 14.0 Å². The van der Waals surface area contributed by atoms with Crippen LogP contribution < -0.4 is 22.3 Å². The van der Waals surface area contributed by atoms with Crippen LogP contribution in [0.25, 0.3) is 44.1 Å². The summed E-state index contributed by atoms with van der Waals surface area (Å²) < 4.78 is 16.4. The molecule has 0 spiro atoms. The highest BCUT2D eigenvalue weighted by Gasteiger charge is 2.20. The number of carbonyl (C=O) groups is 2. The molecule has 0 saturated carbocycles. The molecular weight excluding hydrogens is 525 g/mol. The second kappa shape index (κ2) is 9.60. The number of aromatic amines is 1. The Hall–Kier alpha value is -5.51. The third-order valence-electron chi connectivity index (χ3n) is 7.32. The van der Waals surface area contributed by atoms with E-state index in [0.717, 1.165) is 48.0 Å². The second-order valence-corrected chi connectivity index (χ2v) is 9.85. The molecule has 0 aliphatic carbocycles. The topological polar surface area (TPSA) is 131 Å². The van der Waals surface area contributed by atoms with E-state index in [1.165, 1.54) is 25.3 Å². The molecule has 41 heavy (non-hydrogen) atoms. The monoisotopic (exact) mass is 549 g/mol. The van der Waals surface area contributed by atoms with Crippen molar-refractivity contribution in [1.82, 2.24) is 19.3 Å². The number of fused-ring (bicyclic) bond motifs is 4. The third kappa shape index (κ3) is 4.17. The first kappa shape index (κ1) is 25.8. The average molecular weight is 550 g/mol. The molecule has 0 aliphatic heterocycles. The lowest BCUT2D eigenvalue weighted by molar-refractivity contribution is -0.119. The predicted molar refractivity (Wildman–Crippen MR) is 155 cm³/mol. The molecule has 0 atom stereocenters. The van der Waals surface area contributed by atoms with E-state index in [9.17, 15) is 23.6 Å². The Morgan fingerprint density at radius 3 is 2.56 bits per heavy atom. The van der Waals surface area contributed by atoms with Crippen molar-refractivity contribution in [1.29, 1.82) is 0 Å². The molecule has 0 unspecified atom stereocenters. The summed E-state index contributed by atoms with van der Waals surface area (Å²) in [5.74, 6) is -1.42. The number of rotatable bonds is 5. The van der Waals surface area contributed by atoms with Crippen LogP contribution in [0.2, 0.25) is 0 Å². The summed E-state index contributed by atoms with van der Waals surface area (Å²) in [6.07, 6.45) is 1.41. The maximum Gasteiger partial charge on any atom is 0.340 e. The van der Waals surface area contributed by atoms with Crippen LogP contribution in [-0.2, 0) is 11.3 Å². The summed E-state index contributed by atoms with van der Waals surface area (Å²) in [6.45, 7) is 3.59. The molecule has 3 aromatic heterocycles. The maximum atomic E-state index is 14.3. The van der Waals surface area contributed by atoms with Gasteiger partial charge < -0.3 is 16.0 Å². The number of pyridine rings is 1.